The second kappa shape index (κ2) is 7.16. The highest BCUT2D eigenvalue weighted by atomic mass is 16.3. The Labute approximate surface area is 207 Å². The summed E-state index contributed by atoms with van der Waals surface area (Å²) in [6.07, 6.45) is 4.53. The lowest BCUT2D eigenvalue weighted by Crippen LogP contribution is -2.34. The highest BCUT2D eigenvalue weighted by Gasteiger charge is 2.39. The van der Waals surface area contributed by atoms with Gasteiger partial charge >= 0.3 is 0 Å². The van der Waals surface area contributed by atoms with E-state index in [1.807, 2.05) is 0 Å². The third-order valence-corrected chi connectivity index (χ3v) is 8.42. The number of hydrogen-bond acceptors (Lipinski definition) is 2. The lowest BCUT2D eigenvalue weighted by atomic mass is 9.62. The minimum absolute atomic E-state index is 0.0877. The lowest BCUT2D eigenvalue weighted by molar-refractivity contribution is -0.660. The fourth-order valence-corrected chi connectivity index (χ4v) is 6.42. The van der Waals surface area contributed by atoms with Gasteiger partial charge in [0.1, 0.15) is 7.05 Å². The van der Waals surface area contributed by atoms with Crippen LogP contribution in [0.4, 0.5) is 0 Å². The number of furan rings is 1. The fraction of sp³-hybridized carbons (Fsp3) is 0.375. The van der Waals surface area contributed by atoms with Crippen LogP contribution in [0.1, 0.15) is 68.4 Å². The average Bonchev–Trinajstić information content (AvgIpc) is 3.14. The molecule has 5 aromatic rings. The second-order valence-electron chi connectivity index (χ2n) is 12.1. The van der Waals surface area contributed by atoms with Crippen LogP contribution in [0.2, 0.25) is 0 Å². The predicted octanol–water partition coefficient (Wildman–Crippen LogP) is 7.90. The summed E-state index contributed by atoms with van der Waals surface area (Å²) in [7, 11) is 2.11. The molecule has 3 heteroatoms. The van der Waals surface area contributed by atoms with E-state index in [2.05, 4.69) is 103 Å². The SMILES string of the molecule is Cc1ccc(-c2c(C)cc(C)c3c2oc2nc4c5c(ccc4cc23)C(C)(C)CCC5(C)C)[n+](C)c1. The molecule has 0 saturated heterocycles. The monoisotopic (exact) mass is 463 g/mol. The number of benzene rings is 2. The van der Waals surface area contributed by atoms with E-state index in [1.165, 1.54) is 51.4 Å². The molecule has 0 unspecified atom stereocenters. The molecule has 35 heavy (non-hydrogen) atoms. The summed E-state index contributed by atoms with van der Waals surface area (Å²) in [6.45, 7) is 16.0. The fourth-order valence-electron chi connectivity index (χ4n) is 6.42. The first-order valence-electron chi connectivity index (χ1n) is 12.8. The normalized spacial score (nSPS) is 16.8. The lowest BCUT2D eigenvalue weighted by Gasteiger charge is -2.42. The van der Waals surface area contributed by atoms with E-state index < -0.39 is 0 Å². The van der Waals surface area contributed by atoms with Gasteiger partial charge in [-0.05, 0) is 78.8 Å². The zero-order valence-electron chi connectivity index (χ0n) is 22.3. The molecule has 0 fully saturated rings. The summed E-state index contributed by atoms with van der Waals surface area (Å²) in [5.74, 6) is 0. The Morgan fingerprint density at radius 1 is 0.886 bits per heavy atom. The van der Waals surface area contributed by atoms with Crippen LogP contribution in [0.5, 0.6) is 0 Å². The van der Waals surface area contributed by atoms with Crippen molar-refractivity contribution in [3.8, 4) is 11.3 Å². The molecule has 0 atom stereocenters. The average molecular weight is 464 g/mol. The van der Waals surface area contributed by atoms with Crippen molar-refractivity contribution in [3.05, 3.63) is 70.4 Å². The summed E-state index contributed by atoms with van der Waals surface area (Å²) in [4.78, 5) is 5.26. The largest absolute Gasteiger partial charge is 0.437 e. The van der Waals surface area contributed by atoms with Gasteiger partial charge in [0.25, 0.3) is 0 Å². The minimum Gasteiger partial charge on any atom is -0.437 e. The van der Waals surface area contributed by atoms with Crippen LogP contribution in [0, 0.1) is 20.8 Å². The van der Waals surface area contributed by atoms with Crippen LogP contribution in [-0.2, 0) is 17.9 Å². The molecule has 0 bridgehead atoms. The quantitative estimate of drug-likeness (QED) is 0.237. The van der Waals surface area contributed by atoms with Gasteiger partial charge < -0.3 is 4.42 Å². The molecule has 0 aliphatic heterocycles. The predicted molar refractivity (Wildman–Crippen MR) is 145 cm³/mol. The molecular weight excluding hydrogens is 428 g/mol. The van der Waals surface area contributed by atoms with Gasteiger partial charge in [0.05, 0.1) is 11.1 Å². The highest BCUT2D eigenvalue weighted by molar-refractivity contribution is 6.13. The van der Waals surface area contributed by atoms with Crippen LogP contribution in [0.25, 0.3) is 44.2 Å². The van der Waals surface area contributed by atoms with E-state index in [9.17, 15) is 0 Å². The molecule has 1 aliphatic rings. The van der Waals surface area contributed by atoms with Gasteiger partial charge in [-0.25, -0.2) is 9.55 Å². The molecule has 1 aliphatic carbocycles. The molecule has 3 nitrogen and oxygen atoms in total. The molecule has 0 saturated carbocycles. The van der Waals surface area contributed by atoms with Crippen molar-refractivity contribution in [1.29, 1.82) is 0 Å². The molecule has 3 aromatic heterocycles. The number of pyridine rings is 2. The Morgan fingerprint density at radius 2 is 1.63 bits per heavy atom. The zero-order valence-corrected chi connectivity index (χ0v) is 22.3. The van der Waals surface area contributed by atoms with Gasteiger partial charge in [0, 0.05) is 27.8 Å². The number of aromatic nitrogens is 2. The van der Waals surface area contributed by atoms with Crippen LogP contribution in [-0.4, -0.2) is 4.98 Å². The molecule has 0 amide bonds. The van der Waals surface area contributed by atoms with Crippen molar-refractivity contribution in [2.45, 2.75) is 72.1 Å². The Balaban J connectivity index is 1.73. The van der Waals surface area contributed by atoms with Crippen molar-refractivity contribution in [2.75, 3.05) is 0 Å². The molecular formula is C32H35N2O+. The van der Waals surface area contributed by atoms with Gasteiger partial charge in [-0.1, -0.05) is 45.9 Å². The maximum atomic E-state index is 6.68. The third kappa shape index (κ3) is 3.17. The van der Waals surface area contributed by atoms with Crippen LogP contribution in [0.3, 0.4) is 0 Å². The molecule has 0 N–H and O–H groups in total. The summed E-state index contributed by atoms with van der Waals surface area (Å²) in [5, 5.41) is 3.48. The van der Waals surface area contributed by atoms with E-state index in [0.29, 0.717) is 0 Å². The number of rotatable bonds is 1. The van der Waals surface area contributed by atoms with E-state index in [1.54, 1.807) is 0 Å². The Bertz CT molecular complexity index is 1680. The molecule has 0 radical (unpaired) electrons. The maximum Gasteiger partial charge on any atom is 0.227 e. The van der Waals surface area contributed by atoms with Gasteiger partial charge in [0.2, 0.25) is 11.4 Å². The Morgan fingerprint density at radius 3 is 2.37 bits per heavy atom. The number of nitrogens with zero attached hydrogens (tertiary/aromatic N) is 2. The molecule has 178 valence electrons. The third-order valence-electron chi connectivity index (χ3n) is 8.42. The van der Waals surface area contributed by atoms with E-state index in [-0.39, 0.29) is 10.8 Å². The Hall–Kier alpha value is -3.20. The first kappa shape index (κ1) is 22.3. The van der Waals surface area contributed by atoms with Gasteiger partial charge in [0.15, 0.2) is 11.8 Å². The molecule has 3 heterocycles. The zero-order chi connectivity index (χ0) is 24.9. The minimum atomic E-state index is 0.0877. The van der Waals surface area contributed by atoms with Crippen molar-refractivity contribution >= 4 is 33.0 Å². The first-order chi connectivity index (χ1) is 16.5. The van der Waals surface area contributed by atoms with Gasteiger partial charge in [-0.15, -0.1) is 0 Å². The summed E-state index contributed by atoms with van der Waals surface area (Å²) >= 11 is 0. The molecule has 0 spiro atoms. The molecule has 2 aromatic carbocycles. The number of aryl methyl sites for hydroxylation is 4. The second-order valence-corrected chi connectivity index (χ2v) is 12.1. The van der Waals surface area contributed by atoms with Crippen LogP contribution in [0.15, 0.2) is 47.0 Å². The van der Waals surface area contributed by atoms with Crippen LogP contribution < -0.4 is 4.57 Å². The van der Waals surface area contributed by atoms with Gasteiger partial charge in [-0.3, -0.25) is 0 Å². The standard InChI is InChI=1S/C32H35N2O/c1-18-9-12-24(34(8)17-18)26-20(3)15-19(2)25-22-16-21-10-11-23-27(28(21)33-30(22)35-29(25)26)32(6,7)14-13-31(23,4)5/h9-12,15-17H,13-14H2,1-8H3/q+1. The first-order valence-corrected chi connectivity index (χ1v) is 12.8. The molecule has 6 rings (SSSR count). The Kier molecular flexibility index (Phi) is 4.56. The maximum absolute atomic E-state index is 6.68. The number of hydrogen-bond donors (Lipinski definition) is 0. The van der Waals surface area contributed by atoms with E-state index in [0.717, 1.165) is 33.5 Å². The van der Waals surface area contributed by atoms with Gasteiger partial charge in [-0.2, -0.15) is 0 Å². The topological polar surface area (TPSA) is 29.9 Å². The van der Waals surface area contributed by atoms with Crippen molar-refractivity contribution in [1.82, 2.24) is 4.98 Å². The highest BCUT2D eigenvalue weighted by Crippen LogP contribution is 2.49. The smallest absolute Gasteiger partial charge is 0.227 e. The van der Waals surface area contributed by atoms with Crippen molar-refractivity contribution in [2.24, 2.45) is 7.05 Å². The van der Waals surface area contributed by atoms with E-state index in [4.69, 9.17) is 9.40 Å². The summed E-state index contributed by atoms with van der Waals surface area (Å²) in [6, 6.07) is 13.6. The number of fused-ring (bicyclic) bond motifs is 6. The van der Waals surface area contributed by atoms with Crippen molar-refractivity contribution < 1.29 is 8.98 Å². The van der Waals surface area contributed by atoms with Crippen LogP contribution >= 0.6 is 0 Å². The summed E-state index contributed by atoms with van der Waals surface area (Å²) in [5.41, 5.74) is 11.9. The summed E-state index contributed by atoms with van der Waals surface area (Å²) < 4.78 is 8.88. The van der Waals surface area contributed by atoms with Crippen molar-refractivity contribution in [3.63, 3.8) is 0 Å². The van der Waals surface area contributed by atoms with E-state index >= 15 is 0 Å².